The van der Waals surface area contributed by atoms with E-state index in [0.29, 0.717) is 6.61 Å². The molecule has 1 aromatic carbocycles. The van der Waals surface area contributed by atoms with Gasteiger partial charge >= 0.3 is 5.97 Å². The van der Waals surface area contributed by atoms with E-state index in [-0.39, 0.29) is 12.0 Å². The van der Waals surface area contributed by atoms with Crippen molar-refractivity contribution in [3.63, 3.8) is 0 Å². The summed E-state index contributed by atoms with van der Waals surface area (Å²) in [6, 6.07) is 8.09. The fourth-order valence-corrected chi connectivity index (χ4v) is 2.23. The number of rotatable bonds is 2. The van der Waals surface area contributed by atoms with Crippen LogP contribution in [0.15, 0.2) is 24.3 Å². The van der Waals surface area contributed by atoms with E-state index in [4.69, 9.17) is 4.74 Å². The van der Waals surface area contributed by atoms with Gasteiger partial charge in [0.15, 0.2) is 0 Å². The summed E-state index contributed by atoms with van der Waals surface area (Å²) in [5.41, 5.74) is 2.46. The second-order valence-corrected chi connectivity index (χ2v) is 4.05. The standard InChI is InChI=1S/C13H17NO2/c1-3-16-13(15)12-9-8-10-6-4-5-7-11(10)14(12)2/h4-7,12H,3,8-9H2,1-2H3. The molecule has 0 aliphatic carbocycles. The molecule has 1 aliphatic heterocycles. The van der Waals surface area contributed by atoms with Gasteiger partial charge in [0, 0.05) is 12.7 Å². The third-order valence-electron chi connectivity index (χ3n) is 3.08. The molecule has 0 saturated carbocycles. The number of anilines is 1. The fraction of sp³-hybridized carbons (Fsp3) is 0.462. The maximum Gasteiger partial charge on any atom is 0.328 e. The Kier molecular flexibility index (Phi) is 3.13. The number of likely N-dealkylation sites (N-methyl/N-ethyl adjacent to an activating group) is 1. The van der Waals surface area contributed by atoms with Gasteiger partial charge in [-0.25, -0.2) is 4.79 Å². The molecule has 0 fully saturated rings. The predicted molar refractivity (Wildman–Crippen MR) is 63.6 cm³/mol. The predicted octanol–water partition coefficient (Wildman–Crippen LogP) is 2.00. The number of esters is 1. The summed E-state index contributed by atoms with van der Waals surface area (Å²) in [7, 11) is 1.96. The molecule has 0 radical (unpaired) electrons. The van der Waals surface area contributed by atoms with Crippen molar-refractivity contribution >= 4 is 11.7 Å². The molecule has 3 heteroatoms. The molecule has 1 aliphatic rings. The minimum Gasteiger partial charge on any atom is -0.464 e. The smallest absolute Gasteiger partial charge is 0.328 e. The van der Waals surface area contributed by atoms with Gasteiger partial charge in [0.05, 0.1) is 6.61 Å². The van der Waals surface area contributed by atoms with E-state index in [0.717, 1.165) is 18.5 Å². The quantitative estimate of drug-likeness (QED) is 0.712. The van der Waals surface area contributed by atoms with Gasteiger partial charge in [-0.05, 0) is 31.4 Å². The van der Waals surface area contributed by atoms with Gasteiger partial charge in [-0.1, -0.05) is 18.2 Å². The highest BCUT2D eigenvalue weighted by atomic mass is 16.5. The molecule has 1 aromatic rings. The van der Waals surface area contributed by atoms with E-state index in [1.54, 1.807) is 0 Å². The Morgan fingerprint density at radius 1 is 1.50 bits per heavy atom. The van der Waals surface area contributed by atoms with Crippen molar-refractivity contribution in [1.82, 2.24) is 0 Å². The lowest BCUT2D eigenvalue weighted by Gasteiger charge is -2.34. The number of aryl methyl sites for hydroxylation is 1. The maximum absolute atomic E-state index is 11.8. The molecule has 0 aromatic heterocycles. The summed E-state index contributed by atoms with van der Waals surface area (Å²) >= 11 is 0. The van der Waals surface area contributed by atoms with Crippen molar-refractivity contribution in [2.24, 2.45) is 0 Å². The Balaban J connectivity index is 2.21. The van der Waals surface area contributed by atoms with Crippen LogP contribution in [0, 0.1) is 0 Å². The van der Waals surface area contributed by atoms with Crippen LogP contribution in [0.3, 0.4) is 0 Å². The van der Waals surface area contributed by atoms with Gasteiger partial charge in [-0.2, -0.15) is 0 Å². The molecule has 0 amide bonds. The Labute approximate surface area is 96.0 Å². The van der Waals surface area contributed by atoms with Crippen molar-refractivity contribution in [2.45, 2.75) is 25.8 Å². The molecule has 2 rings (SSSR count). The molecule has 0 bridgehead atoms. The molecule has 3 nitrogen and oxygen atoms in total. The number of carbonyl (C=O) groups excluding carboxylic acids is 1. The van der Waals surface area contributed by atoms with E-state index in [2.05, 4.69) is 12.1 Å². The first-order valence-corrected chi connectivity index (χ1v) is 5.71. The molecular weight excluding hydrogens is 202 g/mol. The zero-order valence-electron chi connectivity index (χ0n) is 9.77. The minimum atomic E-state index is -0.130. The highest BCUT2D eigenvalue weighted by Gasteiger charge is 2.29. The SMILES string of the molecule is CCOC(=O)C1CCc2ccccc2N1C. The van der Waals surface area contributed by atoms with E-state index in [1.807, 2.05) is 31.0 Å². The van der Waals surface area contributed by atoms with Crippen LogP contribution in [0.25, 0.3) is 0 Å². The number of benzene rings is 1. The second kappa shape index (κ2) is 4.56. The van der Waals surface area contributed by atoms with Crippen LogP contribution in [-0.4, -0.2) is 25.7 Å². The summed E-state index contributed by atoms with van der Waals surface area (Å²) in [5, 5.41) is 0. The molecule has 0 N–H and O–H groups in total. The van der Waals surface area contributed by atoms with Crippen LogP contribution < -0.4 is 4.90 Å². The largest absolute Gasteiger partial charge is 0.464 e. The highest BCUT2D eigenvalue weighted by molar-refractivity contribution is 5.81. The van der Waals surface area contributed by atoms with Gasteiger partial charge in [-0.3, -0.25) is 0 Å². The molecule has 1 unspecified atom stereocenters. The normalized spacial score (nSPS) is 19.1. The average Bonchev–Trinajstić information content (AvgIpc) is 2.30. The summed E-state index contributed by atoms with van der Waals surface area (Å²) in [6.07, 6.45) is 1.79. The van der Waals surface area contributed by atoms with Crippen molar-refractivity contribution < 1.29 is 9.53 Å². The Morgan fingerprint density at radius 2 is 2.25 bits per heavy atom. The van der Waals surface area contributed by atoms with Crippen LogP contribution in [0.4, 0.5) is 5.69 Å². The van der Waals surface area contributed by atoms with Gasteiger partial charge in [0.2, 0.25) is 0 Å². The first-order valence-electron chi connectivity index (χ1n) is 5.71. The van der Waals surface area contributed by atoms with Gasteiger partial charge in [-0.15, -0.1) is 0 Å². The zero-order valence-corrected chi connectivity index (χ0v) is 9.77. The highest BCUT2D eigenvalue weighted by Crippen LogP contribution is 2.29. The summed E-state index contributed by atoms with van der Waals surface area (Å²) in [5.74, 6) is -0.112. The third kappa shape index (κ3) is 1.90. The number of hydrogen-bond acceptors (Lipinski definition) is 3. The lowest BCUT2D eigenvalue weighted by molar-refractivity contribution is -0.144. The number of para-hydroxylation sites is 1. The van der Waals surface area contributed by atoms with Crippen molar-refractivity contribution in [3.8, 4) is 0 Å². The van der Waals surface area contributed by atoms with E-state index in [9.17, 15) is 4.79 Å². The molecule has 1 heterocycles. The van der Waals surface area contributed by atoms with Crippen LogP contribution in [0.1, 0.15) is 18.9 Å². The number of ether oxygens (including phenoxy) is 1. The Bertz CT molecular complexity index is 389. The lowest BCUT2D eigenvalue weighted by Crippen LogP contribution is -2.43. The molecular formula is C13H17NO2. The van der Waals surface area contributed by atoms with Crippen molar-refractivity contribution in [2.75, 3.05) is 18.6 Å². The lowest BCUT2D eigenvalue weighted by atomic mass is 9.96. The minimum absolute atomic E-state index is 0.112. The van der Waals surface area contributed by atoms with Crippen LogP contribution >= 0.6 is 0 Å². The maximum atomic E-state index is 11.8. The molecule has 1 atom stereocenters. The summed E-state index contributed by atoms with van der Waals surface area (Å²) in [6.45, 7) is 2.29. The molecule has 0 spiro atoms. The van der Waals surface area contributed by atoms with Gasteiger partial charge in [0.25, 0.3) is 0 Å². The summed E-state index contributed by atoms with van der Waals surface area (Å²) < 4.78 is 5.09. The molecule has 16 heavy (non-hydrogen) atoms. The molecule has 86 valence electrons. The topological polar surface area (TPSA) is 29.5 Å². The monoisotopic (exact) mass is 219 g/mol. The van der Waals surface area contributed by atoms with Gasteiger partial charge in [0.1, 0.15) is 6.04 Å². The Hall–Kier alpha value is -1.51. The van der Waals surface area contributed by atoms with Gasteiger partial charge < -0.3 is 9.64 Å². The van der Waals surface area contributed by atoms with E-state index in [1.165, 1.54) is 5.56 Å². The second-order valence-electron chi connectivity index (χ2n) is 4.05. The Morgan fingerprint density at radius 3 is 3.00 bits per heavy atom. The van der Waals surface area contributed by atoms with Crippen molar-refractivity contribution in [3.05, 3.63) is 29.8 Å². The average molecular weight is 219 g/mol. The van der Waals surface area contributed by atoms with Crippen LogP contribution in [-0.2, 0) is 16.0 Å². The fourth-order valence-electron chi connectivity index (χ4n) is 2.23. The number of hydrogen-bond donors (Lipinski definition) is 0. The van der Waals surface area contributed by atoms with E-state index >= 15 is 0 Å². The number of carbonyl (C=O) groups is 1. The zero-order chi connectivity index (χ0) is 11.5. The van der Waals surface area contributed by atoms with Crippen LogP contribution in [0.5, 0.6) is 0 Å². The molecule has 0 saturated heterocycles. The number of nitrogens with zero attached hydrogens (tertiary/aromatic N) is 1. The van der Waals surface area contributed by atoms with Crippen LogP contribution in [0.2, 0.25) is 0 Å². The van der Waals surface area contributed by atoms with Crippen molar-refractivity contribution in [1.29, 1.82) is 0 Å². The first-order chi connectivity index (χ1) is 7.74. The van der Waals surface area contributed by atoms with E-state index < -0.39 is 0 Å². The number of fused-ring (bicyclic) bond motifs is 1. The summed E-state index contributed by atoms with van der Waals surface area (Å²) in [4.78, 5) is 13.8. The third-order valence-corrected chi connectivity index (χ3v) is 3.08. The first kappa shape index (κ1) is 11.0.